The van der Waals surface area contributed by atoms with Crippen molar-refractivity contribution in [2.45, 2.75) is 33.5 Å². The number of nitrogens with one attached hydrogen (secondary N) is 1. The number of hydrogen-bond acceptors (Lipinski definition) is 4. The molecule has 1 heterocycles. The molecule has 0 atom stereocenters. The van der Waals surface area contributed by atoms with E-state index in [1.165, 1.54) is 5.56 Å². The molecule has 0 saturated heterocycles. The quantitative estimate of drug-likeness (QED) is 0.356. The van der Waals surface area contributed by atoms with E-state index in [4.69, 9.17) is 9.47 Å². The number of methoxy groups -OCH3 is 2. The first kappa shape index (κ1) is 23.4. The second-order valence-electron chi connectivity index (χ2n) is 8.51. The molecule has 1 aromatic heterocycles. The number of carboxylic acid groups (broad SMARTS) is 1. The molecule has 3 aromatic carbocycles. The molecule has 34 heavy (non-hydrogen) atoms. The van der Waals surface area contributed by atoms with Gasteiger partial charge in [-0.1, -0.05) is 42.0 Å². The van der Waals surface area contributed by atoms with Crippen LogP contribution in [0.1, 0.15) is 38.3 Å². The van der Waals surface area contributed by atoms with Gasteiger partial charge in [-0.3, -0.25) is 0 Å². The minimum absolute atomic E-state index is 0.311. The second kappa shape index (κ2) is 10.0. The van der Waals surface area contributed by atoms with Crippen molar-refractivity contribution in [1.82, 2.24) is 9.88 Å². The maximum atomic E-state index is 12.5. The Hall–Kier alpha value is -3.77. The predicted octanol–water partition coefficient (Wildman–Crippen LogP) is 5.31. The zero-order valence-electron chi connectivity index (χ0n) is 20.0. The van der Waals surface area contributed by atoms with Crippen LogP contribution in [0.2, 0.25) is 0 Å². The molecule has 0 aliphatic rings. The molecule has 0 radical (unpaired) electrons. The molecule has 0 spiro atoms. The van der Waals surface area contributed by atoms with Crippen molar-refractivity contribution in [2.24, 2.45) is 0 Å². The van der Waals surface area contributed by atoms with Crippen molar-refractivity contribution < 1.29 is 19.4 Å². The Morgan fingerprint density at radius 3 is 2.32 bits per heavy atom. The van der Waals surface area contributed by atoms with Crippen LogP contribution in [-0.2, 0) is 19.6 Å². The summed E-state index contributed by atoms with van der Waals surface area (Å²) in [6, 6.07) is 20.0. The fourth-order valence-corrected chi connectivity index (χ4v) is 4.34. The van der Waals surface area contributed by atoms with Crippen molar-refractivity contribution in [2.75, 3.05) is 14.2 Å². The lowest BCUT2D eigenvalue weighted by Gasteiger charge is -2.12. The molecule has 0 bridgehead atoms. The van der Waals surface area contributed by atoms with Crippen LogP contribution in [0.15, 0.2) is 60.7 Å². The van der Waals surface area contributed by atoms with Crippen LogP contribution in [0, 0.1) is 13.8 Å². The SMILES string of the molecule is COc1ccc(OC)c(CNCc2c(C(=O)O)n(Cc3ccc(C)cc3)c3cc(C)ccc23)c1. The summed E-state index contributed by atoms with van der Waals surface area (Å²) in [6.45, 7) is 5.47. The van der Waals surface area contributed by atoms with Crippen LogP contribution in [-0.4, -0.2) is 29.9 Å². The lowest BCUT2D eigenvalue weighted by Crippen LogP contribution is -2.17. The molecule has 0 amide bonds. The lowest BCUT2D eigenvalue weighted by molar-refractivity contribution is 0.0684. The van der Waals surface area contributed by atoms with Gasteiger partial charge in [0.25, 0.3) is 0 Å². The van der Waals surface area contributed by atoms with E-state index in [2.05, 4.69) is 35.6 Å². The Morgan fingerprint density at radius 1 is 0.912 bits per heavy atom. The lowest BCUT2D eigenvalue weighted by atomic mass is 10.1. The van der Waals surface area contributed by atoms with Crippen molar-refractivity contribution in [1.29, 1.82) is 0 Å². The Bertz CT molecular complexity index is 1320. The maximum absolute atomic E-state index is 12.5. The van der Waals surface area contributed by atoms with E-state index in [-0.39, 0.29) is 0 Å². The minimum Gasteiger partial charge on any atom is -0.497 e. The molecule has 6 heteroatoms. The first-order chi connectivity index (χ1) is 16.4. The summed E-state index contributed by atoms with van der Waals surface area (Å²) in [5.41, 5.74) is 6.28. The van der Waals surface area contributed by atoms with Crippen LogP contribution < -0.4 is 14.8 Å². The highest BCUT2D eigenvalue weighted by molar-refractivity contribution is 5.98. The Morgan fingerprint density at radius 2 is 1.65 bits per heavy atom. The summed E-state index contributed by atoms with van der Waals surface area (Å²) in [4.78, 5) is 12.5. The average Bonchev–Trinajstić information content (AvgIpc) is 3.13. The molecule has 0 unspecified atom stereocenters. The van der Waals surface area contributed by atoms with E-state index in [9.17, 15) is 9.90 Å². The molecule has 4 rings (SSSR count). The monoisotopic (exact) mass is 458 g/mol. The molecular weight excluding hydrogens is 428 g/mol. The van der Waals surface area contributed by atoms with Crippen LogP contribution in [0.3, 0.4) is 0 Å². The number of aromatic carboxylic acids is 1. The van der Waals surface area contributed by atoms with E-state index >= 15 is 0 Å². The number of benzene rings is 3. The standard InChI is InChI=1S/C28H30N2O4/c1-18-5-8-20(9-6-18)17-30-25-13-19(2)7-11-23(25)24(27(30)28(31)32)16-29-15-21-14-22(33-3)10-12-26(21)34-4/h5-14,29H,15-17H2,1-4H3,(H,31,32). The molecule has 176 valence electrons. The van der Waals surface area contributed by atoms with Gasteiger partial charge in [0.15, 0.2) is 0 Å². The van der Waals surface area contributed by atoms with Gasteiger partial charge in [0, 0.05) is 41.7 Å². The van der Waals surface area contributed by atoms with Gasteiger partial charge in [0.1, 0.15) is 17.2 Å². The van der Waals surface area contributed by atoms with Crippen molar-refractivity contribution in [3.63, 3.8) is 0 Å². The Balaban J connectivity index is 1.70. The summed E-state index contributed by atoms with van der Waals surface area (Å²) in [5.74, 6) is 0.565. The molecule has 0 fully saturated rings. The van der Waals surface area contributed by atoms with Crippen molar-refractivity contribution >= 4 is 16.9 Å². The van der Waals surface area contributed by atoms with Gasteiger partial charge < -0.3 is 24.5 Å². The van der Waals surface area contributed by atoms with Crippen molar-refractivity contribution in [3.05, 3.63) is 94.2 Å². The summed E-state index contributed by atoms with van der Waals surface area (Å²) >= 11 is 0. The minimum atomic E-state index is -0.934. The number of nitrogens with zero attached hydrogens (tertiary/aromatic N) is 1. The molecule has 2 N–H and O–H groups in total. The third kappa shape index (κ3) is 4.77. The molecular formula is C28H30N2O4. The number of hydrogen-bond donors (Lipinski definition) is 2. The van der Waals surface area contributed by atoms with Gasteiger partial charge in [-0.25, -0.2) is 4.79 Å². The van der Waals surface area contributed by atoms with Gasteiger partial charge in [-0.2, -0.15) is 0 Å². The number of fused-ring (bicyclic) bond motifs is 1. The van der Waals surface area contributed by atoms with E-state index in [0.29, 0.717) is 25.3 Å². The summed E-state index contributed by atoms with van der Waals surface area (Å²) < 4.78 is 12.7. The van der Waals surface area contributed by atoms with Crippen LogP contribution in [0.4, 0.5) is 0 Å². The normalized spacial score (nSPS) is 11.1. The van der Waals surface area contributed by atoms with Gasteiger partial charge in [0.05, 0.1) is 14.2 Å². The third-order valence-corrected chi connectivity index (χ3v) is 6.09. The fourth-order valence-electron chi connectivity index (χ4n) is 4.34. The third-order valence-electron chi connectivity index (χ3n) is 6.09. The van der Waals surface area contributed by atoms with E-state index in [1.54, 1.807) is 14.2 Å². The van der Waals surface area contributed by atoms with Crippen LogP contribution in [0.5, 0.6) is 11.5 Å². The van der Waals surface area contributed by atoms with Gasteiger partial charge in [0.2, 0.25) is 0 Å². The van der Waals surface area contributed by atoms with E-state index < -0.39 is 5.97 Å². The predicted molar refractivity (Wildman–Crippen MR) is 134 cm³/mol. The van der Waals surface area contributed by atoms with Gasteiger partial charge >= 0.3 is 5.97 Å². The zero-order chi connectivity index (χ0) is 24.2. The zero-order valence-corrected chi connectivity index (χ0v) is 20.0. The number of aromatic nitrogens is 1. The topological polar surface area (TPSA) is 72.7 Å². The second-order valence-corrected chi connectivity index (χ2v) is 8.51. The maximum Gasteiger partial charge on any atom is 0.352 e. The molecule has 0 aliphatic carbocycles. The largest absolute Gasteiger partial charge is 0.497 e. The molecule has 0 aliphatic heterocycles. The highest BCUT2D eigenvalue weighted by Gasteiger charge is 2.22. The first-order valence-corrected chi connectivity index (χ1v) is 11.2. The van der Waals surface area contributed by atoms with E-state index in [0.717, 1.165) is 44.7 Å². The number of aryl methyl sites for hydroxylation is 2. The van der Waals surface area contributed by atoms with Crippen LogP contribution in [0.25, 0.3) is 10.9 Å². The average molecular weight is 459 g/mol. The van der Waals surface area contributed by atoms with Crippen molar-refractivity contribution in [3.8, 4) is 11.5 Å². The highest BCUT2D eigenvalue weighted by atomic mass is 16.5. The number of carbonyl (C=O) groups is 1. The number of carboxylic acids is 1. The summed E-state index contributed by atoms with van der Waals surface area (Å²) in [5, 5.41) is 14.6. The summed E-state index contributed by atoms with van der Waals surface area (Å²) in [6.07, 6.45) is 0. The summed E-state index contributed by atoms with van der Waals surface area (Å²) in [7, 11) is 3.26. The first-order valence-electron chi connectivity index (χ1n) is 11.2. The number of ether oxygens (including phenoxy) is 2. The smallest absolute Gasteiger partial charge is 0.352 e. The molecule has 0 saturated carbocycles. The fraction of sp³-hybridized carbons (Fsp3) is 0.250. The van der Waals surface area contributed by atoms with Gasteiger partial charge in [-0.05, 0) is 49.2 Å². The molecule has 6 nitrogen and oxygen atoms in total. The Labute approximate surface area is 199 Å². The van der Waals surface area contributed by atoms with Crippen LogP contribution >= 0.6 is 0 Å². The highest BCUT2D eigenvalue weighted by Crippen LogP contribution is 2.29. The number of rotatable bonds is 9. The van der Waals surface area contributed by atoms with Gasteiger partial charge in [-0.15, -0.1) is 0 Å². The molecule has 4 aromatic rings. The Kier molecular flexibility index (Phi) is 6.89. The van der Waals surface area contributed by atoms with E-state index in [1.807, 2.05) is 48.7 Å².